The highest BCUT2D eigenvalue weighted by Gasteiger charge is 2.30. The van der Waals surface area contributed by atoms with Crippen LogP contribution in [-0.2, 0) is 17.7 Å². The van der Waals surface area contributed by atoms with Crippen LogP contribution in [0.1, 0.15) is 18.1 Å². The number of halogens is 1. The van der Waals surface area contributed by atoms with Crippen molar-refractivity contribution >= 4 is 12.6 Å². The van der Waals surface area contributed by atoms with Gasteiger partial charge in [-0.2, -0.15) is 0 Å². The second kappa shape index (κ2) is 3.12. The van der Waals surface area contributed by atoms with Crippen molar-refractivity contribution in [1.82, 2.24) is 0 Å². The molecule has 68 valence electrons. The normalized spacial score (nSPS) is 14.8. The van der Waals surface area contributed by atoms with E-state index in [4.69, 9.17) is 4.65 Å². The Morgan fingerprint density at radius 1 is 1.62 bits per heavy atom. The molecule has 1 aromatic rings. The van der Waals surface area contributed by atoms with E-state index in [1.54, 1.807) is 12.1 Å². The van der Waals surface area contributed by atoms with E-state index in [1.165, 1.54) is 0 Å². The van der Waals surface area contributed by atoms with Gasteiger partial charge in [-0.15, -0.1) is 0 Å². The minimum Gasteiger partial charge on any atom is -0.423 e. The maximum Gasteiger partial charge on any atom is 0.491 e. The predicted molar refractivity (Wildman–Crippen MR) is 48.2 cm³/mol. The van der Waals surface area contributed by atoms with Gasteiger partial charge in [0.15, 0.2) is 0 Å². The summed E-state index contributed by atoms with van der Waals surface area (Å²) < 4.78 is 18.5. The van der Waals surface area contributed by atoms with Crippen molar-refractivity contribution < 1.29 is 14.1 Å². The molecular formula is C9H10BFO2. The van der Waals surface area contributed by atoms with Crippen molar-refractivity contribution in [3.63, 3.8) is 0 Å². The van der Waals surface area contributed by atoms with Crippen molar-refractivity contribution in [1.29, 1.82) is 0 Å². The Labute approximate surface area is 76.5 Å². The van der Waals surface area contributed by atoms with Crippen molar-refractivity contribution in [2.75, 3.05) is 0 Å². The second-order valence-corrected chi connectivity index (χ2v) is 3.12. The van der Waals surface area contributed by atoms with Crippen molar-refractivity contribution in [3.8, 4) is 0 Å². The molecule has 0 atom stereocenters. The quantitative estimate of drug-likeness (QED) is 0.641. The molecule has 0 saturated heterocycles. The monoisotopic (exact) mass is 180 g/mol. The Bertz CT molecular complexity index is 341. The molecule has 4 heteroatoms. The molecule has 1 heterocycles. The molecule has 0 saturated carbocycles. The molecule has 1 aliphatic heterocycles. The van der Waals surface area contributed by atoms with Crippen LogP contribution in [0.5, 0.6) is 0 Å². The molecule has 0 fully saturated rings. The molecule has 0 aromatic heterocycles. The molecule has 2 nitrogen and oxygen atoms in total. The van der Waals surface area contributed by atoms with Crippen LogP contribution in [0.25, 0.3) is 0 Å². The average Bonchev–Trinajstić information content (AvgIpc) is 2.50. The predicted octanol–water partition coefficient (Wildman–Crippen LogP) is 0.606. The fraction of sp³-hybridized carbons (Fsp3) is 0.333. The van der Waals surface area contributed by atoms with Gasteiger partial charge in [-0.25, -0.2) is 4.39 Å². The highest BCUT2D eigenvalue weighted by Crippen LogP contribution is 2.17. The van der Waals surface area contributed by atoms with E-state index in [0.717, 1.165) is 0 Å². The van der Waals surface area contributed by atoms with Crippen LogP contribution in [0.15, 0.2) is 12.1 Å². The van der Waals surface area contributed by atoms with E-state index in [0.29, 0.717) is 23.0 Å². The van der Waals surface area contributed by atoms with Gasteiger partial charge in [0.05, 0.1) is 6.61 Å². The van der Waals surface area contributed by atoms with Gasteiger partial charge < -0.3 is 9.68 Å². The van der Waals surface area contributed by atoms with Crippen LogP contribution in [0, 0.1) is 5.82 Å². The molecule has 0 aliphatic carbocycles. The Morgan fingerprint density at radius 3 is 3.08 bits per heavy atom. The van der Waals surface area contributed by atoms with Crippen LogP contribution in [0.2, 0.25) is 0 Å². The van der Waals surface area contributed by atoms with Gasteiger partial charge in [-0.3, -0.25) is 0 Å². The maximum absolute atomic E-state index is 13.6. The van der Waals surface area contributed by atoms with Gasteiger partial charge in [-0.1, -0.05) is 19.1 Å². The number of hydrogen-bond acceptors (Lipinski definition) is 2. The largest absolute Gasteiger partial charge is 0.491 e. The Hall–Kier alpha value is -0.865. The molecule has 0 radical (unpaired) electrons. The molecule has 1 aromatic carbocycles. The van der Waals surface area contributed by atoms with E-state index in [1.807, 2.05) is 6.92 Å². The summed E-state index contributed by atoms with van der Waals surface area (Å²) >= 11 is 0. The minimum absolute atomic E-state index is 0.177. The van der Waals surface area contributed by atoms with Gasteiger partial charge in [0.25, 0.3) is 0 Å². The lowest BCUT2D eigenvalue weighted by Crippen LogP contribution is -2.28. The highest BCUT2D eigenvalue weighted by molar-refractivity contribution is 6.61. The van der Waals surface area contributed by atoms with E-state index in [-0.39, 0.29) is 12.4 Å². The molecule has 1 N–H and O–H groups in total. The lowest BCUT2D eigenvalue weighted by atomic mass is 9.79. The first-order valence-corrected chi connectivity index (χ1v) is 4.34. The van der Waals surface area contributed by atoms with Gasteiger partial charge in [0, 0.05) is 5.56 Å². The first-order chi connectivity index (χ1) is 6.24. The summed E-state index contributed by atoms with van der Waals surface area (Å²) in [6.07, 6.45) is 0.662. The summed E-state index contributed by atoms with van der Waals surface area (Å²) in [5.41, 5.74) is 1.75. The number of hydrogen-bond donors (Lipinski definition) is 1. The summed E-state index contributed by atoms with van der Waals surface area (Å²) in [7, 11) is -0.949. The third-order valence-corrected chi connectivity index (χ3v) is 2.39. The lowest BCUT2D eigenvalue weighted by Gasteiger charge is -2.04. The van der Waals surface area contributed by atoms with E-state index < -0.39 is 7.12 Å². The third kappa shape index (κ3) is 1.26. The molecule has 1 aliphatic rings. The molecule has 0 bridgehead atoms. The fourth-order valence-electron chi connectivity index (χ4n) is 1.59. The summed E-state index contributed by atoms with van der Waals surface area (Å²) in [6.45, 7) is 2.08. The molecule has 0 spiro atoms. The Kier molecular flexibility index (Phi) is 2.10. The topological polar surface area (TPSA) is 29.5 Å². The van der Waals surface area contributed by atoms with Crippen molar-refractivity contribution in [2.45, 2.75) is 20.0 Å². The summed E-state index contributed by atoms with van der Waals surface area (Å²) in [5.74, 6) is -0.225. The van der Waals surface area contributed by atoms with Crippen molar-refractivity contribution in [3.05, 3.63) is 29.1 Å². The molecular weight excluding hydrogens is 170 g/mol. The second-order valence-electron chi connectivity index (χ2n) is 3.12. The van der Waals surface area contributed by atoms with Crippen LogP contribution in [0.4, 0.5) is 4.39 Å². The molecule has 0 amide bonds. The molecule has 2 rings (SSSR count). The van der Waals surface area contributed by atoms with Crippen molar-refractivity contribution in [2.24, 2.45) is 0 Å². The molecule has 13 heavy (non-hydrogen) atoms. The summed E-state index contributed by atoms with van der Waals surface area (Å²) in [5, 5.41) is 9.28. The maximum atomic E-state index is 13.6. The number of fused-ring (bicyclic) bond motifs is 1. The SMILES string of the molecule is CCc1ccc2c(c1F)COB2O. The van der Waals surface area contributed by atoms with Gasteiger partial charge in [-0.05, 0) is 17.4 Å². The third-order valence-electron chi connectivity index (χ3n) is 2.39. The smallest absolute Gasteiger partial charge is 0.423 e. The van der Waals surface area contributed by atoms with Gasteiger partial charge in [0.2, 0.25) is 0 Å². The van der Waals surface area contributed by atoms with Gasteiger partial charge in [0.1, 0.15) is 5.82 Å². The Morgan fingerprint density at radius 2 is 2.38 bits per heavy atom. The van der Waals surface area contributed by atoms with E-state index in [9.17, 15) is 9.41 Å². The zero-order valence-electron chi connectivity index (χ0n) is 7.38. The van der Waals surface area contributed by atoms with Crippen LogP contribution >= 0.6 is 0 Å². The molecule has 0 unspecified atom stereocenters. The zero-order chi connectivity index (χ0) is 9.42. The number of rotatable bonds is 1. The summed E-state index contributed by atoms with van der Waals surface area (Å²) in [4.78, 5) is 0. The van der Waals surface area contributed by atoms with Crippen LogP contribution < -0.4 is 5.46 Å². The first kappa shape index (κ1) is 8.72. The fourth-order valence-corrected chi connectivity index (χ4v) is 1.59. The lowest BCUT2D eigenvalue weighted by molar-refractivity contribution is 0.272. The average molecular weight is 180 g/mol. The van der Waals surface area contributed by atoms with Crippen LogP contribution in [0.3, 0.4) is 0 Å². The number of aryl methyl sites for hydroxylation is 1. The highest BCUT2D eigenvalue weighted by atomic mass is 19.1. The Balaban J connectivity index is 2.54. The van der Waals surface area contributed by atoms with E-state index in [2.05, 4.69) is 0 Å². The number of benzene rings is 1. The minimum atomic E-state index is -0.949. The first-order valence-electron chi connectivity index (χ1n) is 4.34. The van der Waals surface area contributed by atoms with Gasteiger partial charge >= 0.3 is 7.12 Å². The zero-order valence-corrected chi connectivity index (χ0v) is 7.38. The summed E-state index contributed by atoms with van der Waals surface area (Å²) in [6, 6.07) is 3.43. The van der Waals surface area contributed by atoms with Crippen LogP contribution in [-0.4, -0.2) is 12.1 Å². The standard InChI is InChI=1S/C9H10BFO2/c1-2-6-3-4-8-7(9(6)11)5-13-10(8)12/h3-4,12H,2,5H2,1H3. The van der Waals surface area contributed by atoms with E-state index >= 15 is 0 Å².